The molecule has 4 rings (SSSR count). The van der Waals surface area contributed by atoms with Gasteiger partial charge in [-0.25, -0.2) is 9.97 Å². The predicted octanol–water partition coefficient (Wildman–Crippen LogP) is 1.85. The van der Waals surface area contributed by atoms with Crippen molar-refractivity contribution >= 4 is 16.9 Å². The van der Waals surface area contributed by atoms with Crippen LogP contribution in [0, 0.1) is 12.8 Å². The van der Waals surface area contributed by atoms with Gasteiger partial charge in [-0.05, 0) is 31.9 Å². The Balaban J connectivity index is 1.61. The standard InChI is InChI=1S/C16H20N4O/c1-9-16(19-12-7-3-2-6-11(12)18-9)20-14-13(17)10-5-4-8-21-15(10)14/h2-3,6-7,10,13-15H,4-5,8,17H2,1H3,(H,19,20). The second-order valence-corrected chi connectivity index (χ2v) is 6.04. The van der Waals surface area contributed by atoms with E-state index in [2.05, 4.69) is 15.3 Å². The van der Waals surface area contributed by atoms with Crippen LogP contribution in [0.4, 0.5) is 5.82 Å². The van der Waals surface area contributed by atoms with Crippen molar-refractivity contribution in [3.63, 3.8) is 0 Å². The number of para-hydroxylation sites is 2. The van der Waals surface area contributed by atoms with Gasteiger partial charge in [0.1, 0.15) is 5.82 Å². The molecule has 0 bridgehead atoms. The molecule has 1 saturated carbocycles. The number of nitrogens with two attached hydrogens (primary N) is 1. The number of anilines is 1. The van der Waals surface area contributed by atoms with Crippen molar-refractivity contribution in [1.82, 2.24) is 9.97 Å². The van der Waals surface area contributed by atoms with Crippen LogP contribution in [0.25, 0.3) is 11.0 Å². The van der Waals surface area contributed by atoms with Gasteiger partial charge in [0.25, 0.3) is 0 Å². The highest BCUT2D eigenvalue weighted by molar-refractivity contribution is 5.76. The summed E-state index contributed by atoms with van der Waals surface area (Å²) in [5.41, 5.74) is 9.02. The number of aryl methyl sites for hydroxylation is 1. The van der Waals surface area contributed by atoms with Crippen LogP contribution in [0.3, 0.4) is 0 Å². The molecule has 0 amide bonds. The third kappa shape index (κ3) is 2.08. The number of benzene rings is 1. The fourth-order valence-electron chi connectivity index (χ4n) is 3.51. The molecule has 0 radical (unpaired) electrons. The van der Waals surface area contributed by atoms with E-state index in [1.165, 1.54) is 6.42 Å². The normalized spacial score (nSPS) is 31.5. The molecule has 4 unspecified atom stereocenters. The maximum Gasteiger partial charge on any atom is 0.148 e. The first-order valence-electron chi connectivity index (χ1n) is 7.61. The third-order valence-electron chi connectivity index (χ3n) is 4.73. The monoisotopic (exact) mass is 284 g/mol. The van der Waals surface area contributed by atoms with Gasteiger partial charge >= 0.3 is 0 Å². The fourth-order valence-corrected chi connectivity index (χ4v) is 3.51. The minimum Gasteiger partial charge on any atom is -0.376 e. The molecule has 2 heterocycles. The number of fused-ring (bicyclic) bond motifs is 2. The predicted molar refractivity (Wildman–Crippen MR) is 82.1 cm³/mol. The molecule has 5 heteroatoms. The highest BCUT2D eigenvalue weighted by atomic mass is 16.5. The summed E-state index contributed by atoms with van der Waals surface area (Å²) in [5.74, 6) is 1.31. The number of hydrogen-bond acceptors (Lipinski definition) is 5. The molecule has 1 aromatic heterocycles. The number of aromatic nitrogens is 2. The smallest absolute Gasteiger partial charge is 0.148 e. The van der Waals surface area contributed by atoms with E-state index in [4.69, 9.17) is 10.5 Å². The Morgan fingerprint density at radius 3 is 2.81 bits per heavy atom. The molecule has 1 aliphatic carbocycles. The molecule has 2 fully saturated rings. The lowest BCUT2D eigenvalue weighted by molar-refractivity contribution is -0.104. The molecule has 0 spiro atoms. The first kappa shape index (κ1) is 13.0. The Morgan fingerprint density at radius 2 is 2.00 bits per heavy atom. The van der Waals surface area contributed by atoms with Crippen molar-refractivity contribution in [2.45, 2.75) is 38.0 Å². The van der Waals surface area contributed by atoms with E-state index >= 15 is 0 Å². The number of ether oxygens (including phenoxy) is 1. The molecule has 1 aliphatic heterocycles. The van der Waals surface area contributed by atoms with Gasteiger partial charge in [0.05, 0.1) is 28.9 Å². The zero-order chi connectivity index (χ0) is 14.4. The number of nitrogens with zero attached hydrogens (tertiary/aromatic N) is 2. The first-order chi connectivity index (χ1) is 10.2. The Labute approximate surface area is 123 Å². The second kappa shape index (κ2) is 4.93. The Hall–Kier alpha value is -1.72. The number of nitrogens with one attached hydrogen (secondary N) is 1. The van der Waals surface area contributed by atoms with E-state index < -0.39 is 0 Å². The summed E-state index contributed by atoms with van der Waals surface area (Å²) in [6, 6.07) is 8.20. The van der Waals surface area contributed by atoms with Gasteiger partial charge in [0, 0.05) is 18.6 Å². The van der Waals surface area contributed by atoms with Gasteiger partial charge in [-0.2, -0.15) is 0 Å². The van der Waals surface area contributed by atoms with E-state index in [0.717, 1.165) is 35.6 Å². The van der Waals surface area contributed by atoms with Crippen molar-refractivity contribution in [3.05, 3.63) is 30.0 Å². The first-order valence-corrected chi connectivity index (χ1v) is 7.61. The summed E-state index contributed by atoms with van der Waals surface area (Å²) in [7, 11) is 0. The molecular weight excluding hydrogens is 264 g/mol. The molecule has 5 nitrogen and oxygen atoms in total. The number of rotatable bonds is 2. The average molecular weight is 284 g/mol. The zero-order valence-corrected chi connectivity index (χ0v) is 12.1. The average Bonchev–Trinajstić information content (AvgIpc) is 2.52. The van der Waals surface area contributed by atoms with Crippen molar-refractivity contribution in [2.75, 3.05) is 11.9 Å². The zero-order valence-electron chi connectivity index (χ0n) is 12.1. The van der Waals surface area contributed by atoms with Crippen LogP contribution in [-0.2, 0) is 4.74 Å². The molecule has 110 valence electrons. The molecule has 4 atom stereocenters. The molecule has 2 aromatic rings. The highest BCUT2D eigenvalue weighted by Gasteiger charge is 2.50. The van der Waals surface area contributed by atoms with Crippen LogP contribution in [0.15, 0.2) is 24.3 Å². The van der Waals surface area contributed by atoms with Gasteiger partial charge in [-0.1, -0.05) is 12.1 Å². The lowest BCUT2D eigenvalue weighted by Gasteiger charge is -2.52. The topological polar surface area (TPSA) is 73.1 Å². The third-order valence-corrected chi connectivity index (χ3v) is 4.73. The van der Waals surface area contributed by atoms with Crippen molar-refractivity contribution < 1.29 is 4.74 Å². The summed E-state index contributed by atoms with van der Waals surface area (Å²) < 4.78 is 5.87. The summed E-state index contributed by atoms with van der Waals surface area (Å²) in [6.45, 7) is 2.82. The van der Waals surface area contributed by atoms with Crippen LogP contribution < -0.4 is 11.1 Å². The van der Waals surface area contributed by atoms with E-state index in [-0.39, 0.29) is 18.2 Å². The van der Waals surface area contributed by atoms with Gasteiger partial charge in [-0.15, -0.1) is 0 Å². The minimum absolute atomic E-state index is 0.142. The lowest BCUT2D eigenvalue weighted by atomic mass is 9.68. The fraction of sp³-hybridized carbons (Fsp3) is 0.500. The van der Waals surface area contributed by atoms with Crippen LogP contribution >= 0.6 is 0 Å². The van der Waals surface area contributed by atoms with Crippen LogP contribution in [0.1, 0.15) is 18.5 Å². The van der Waals surface area contributed by atoms with Crippen LogP contribution in [-0.4, -0.2) is 34.8 Å². The molecule has 1 saturated heterocycles. The highest BCUT2D eigenvalue weighted by Crippen LogP contribution is 2.38. The maximum absolute atomic E-state index is 6.30. The molecular formula is C16H20N4O. The summed E-state index contributed by atoms with van der Waals surface area (Å²) in [5, 5.41) is 3.46. The van der Waals surface area contributed by atoms with Crippen LogP contribution in [0.5, 0.6) is 0 Å². The molecule has 1 aromatic carbocycles. The lowest BCUT2D eigenvalue weighted by Crippen LogP contribution is -2.69. The largest absolute Gasteiger partial charge is 0.376 e. The van der Waals surface area contributed by atoms with Crippen molar-refractivity contribution in [3.8, 4) is 0 Å². The van der Waals surface area contributed by atoms with Gasteiger partial charge in [-0.3, -0.25) is 0 Å². The molecule has 2 aliphatic rings. The summed E-state index contributed by atoms with van der Waals surface area (Å²) >= 11 is 0. The van der Waals surface area contributed by atoms with E-state index in [1.54, 1.807) is 0 Å². The Bertz CT molecular complexity index is 674. The molecule has 21 heavy (non-hydrogen) atoms. The summed E-state index contributed by atoms with van der Waals surface area (Å²) in [6.07, 6.45) is 2.52. The van der Waals surface area contributed by atoms with E-state index in [1.807, 2.05) is 31.2 Å². The summed E-state index contributed by atoms with van der Waals surface area (Å²) in [4.78, 5) is 9.29. The minimum atomic E-state index is 0.142. The van der Waals surface area contributed by atoms with Crippen LogP contribution in [0.2, 0.25) is 0 Å². The number of hydrogen-bond donors (Lipinski definition) is 2. The quantitative estimate of drug-likeness (QED) is 0.880. The maximum atomic E-state index is 6.30. The Kier molecular flexibility index (Phi) is 3.05. The van der Waals surface area contributed by atoms with E-state index in [0.29, 0.717) is 5.92 Å². The SMILES string of the molecule is Cc1nc2ccccc2nc1NC1C(N)C2CCCOC21. The molecule has 3 N–H and O–H groups in total. The Morgan fingerprint density at radius 1 is 1.24 bits per heavy atom. The van der Waals surface area contributed by atoms with E-state index in [9.17, 15) is 0 Å². The van der Waals surface area contributed by atoms with Crippen molar-refractivity contribution in [1.29, 1.82) is 0 Å². The van der Waals surface area contributed by atoms with Crippen molar-refractivity contribution in [2.24, 2.45) is 11.7 Å². The second-order valence-electron chi connectivity index (χ2n) is 6.04. The van der Waals surface area contributed by atoms with Gasteiger partial charge < -0.3 is 15.8 Å². The van der Waals surface area contributed by atoms with Gasteiger partial charge in [0.15, 0.2) is 0 Å². The van der Waals surface area contributed by atoms with Gasteiger partial charge in [0.2, 0.25) is 0 Å².